The number of hydrogen-bond donors (Lipinski definition) is 2. The quantitative estimate of drug-likeness (QED) is 0.638. The molecule has 2 aromatic carbocycles. The number of benzene rings is 2. The zero-order chi connectivity index (χ0) is 19.6. The third-order valence-corrected chi connectivity index (χ3v) is 4.10. The van der Waals surface area contributed by atoms with Crippen molar-refractivity contribution in [3.63, 3.8) is 0 Å². The van der Waals surface area contributed by atoms with Crippen LogP contribution in [0.15, 0.2) is 48.5 Å². The third-order valence-electron chi connectivity index (χ3n) is 3.44. The van der Waals surface area contributed by atoms with E-state index >= 15 is 0 Å². The molecule has 2 amide bonds. The lowest BCUT2D eigenvalue weighted by molar-refractivity contribution is -0.147. The second-order valence-electron chi connectivity index (χ2n) is 5.57. The fraction of sp³-hybridized carbons (Fsp3) is 0.211. The molecule has 0 heterocycles. The van der Waals surface area contributed by atoms with Crippen LogP contribution in [0.1, 0.15) is 19.3 Å². The lowest BCUT2D eigenvalue weighted by atomic mass is 10.2. The predicted octanol–water partition coefficient (Wildman–Crippen LogP) is 4.28. The fourth-order valence-corrected chi connectivity index (χ4v) is 2.50. The van der Waals surface area contributed by atoms with Gasteiger partial charge >= 0.3 is 5.97 Å². The van der Waals surface area contributed by atoms with Crippen LogP contribution in [0.5, 0.6) is 0 Å². The Labute approximate surface area is 166 Å². The molecule has 0 saturated heterocycles. The van der Waals surface area contributed by atoms with Gasteiger partial charge in [-0.1, -0.05) is 47.5 Å². The number of nitrogens with one attached hydrogen (secondary N) is 2. The highest BCUT2D eigenvalue weighted by atomic mass is 35.5. The Balaban J connectivity index is 1.64. The Bertz CT molecular complexity index is 827. The minimum atomic E-state index is -0.560. The van der Waals surface area contributed by atoms with Crippen molar-refractivity contribution >= 4 is 52.4 Å². The van der Waals surface area contributed by atoms with E-state index in [9.17, 15) is 14.4 Å². The highest BCUT2D eigenvalue weighted by Gasteiger charge is 2.11. The second-order valence-corrected chi connectivity index (χ2v) is 6.38. The van der Waals surface area contributed by atoms with Gasteiger partial charge in [0.1, 0.15) is 0 Å². The van der Waals surface area contributed by atoms with Crippen LogP contribution in [-0.2, 0) is 19.1 Å². The summed E-state index contributed by atoms with van der Waals surface area (Å²) in [5.74, 6) is -1.31. The molecule has 0 fully saturated rings. The van der Waals surface area contributed by atoms with Crippen molar-refractivity contribution in [2.24, 2.45) is 0 Å². The van der Waals surface area contributed by atoms with E-state index in [0.717, 1.165) is 0 Å². The number of hydrogen-bond acceptors (Lipinski definition) is 4. The topological polar surface area (TPSA) is 84.5 Å². The average molecular weight is 409 g/mol. The molecule has 27 heavy (non-hydrogen) atoms. The Kier molecular flexibility index (Phi) is 8.10. The summed E-state index contributed by atoms with van der Waals surface area (Å²) in [6.07, 6.45) is 0.447. The number of amides is 2. The molecule has 2 N–H and O–H groups in total. The SMILES string of the molecule is O=C(CCCC(=O)OCC(=O)Nc1ccccc1Cl)Nc1ccccc1Cl. The van der Waals surface area contributed by atoms with Gasteiger partial charge in [-0.15, -0.1) is 0 Å². The summed E-state index contributed by atoms with van der Waals surface area (Å²) in [4.78, 5) is 35.3. The average Bonchev–Trinajstić information content (AvgIpc) is 2.64. The number of esters is 1. The molecule has 0 aliphatic heterocycles. The van der Waals surface area contributed by atoms with Gasteiger partial charge in [-0.25, -0.2) is 0 Å². The van der Waals surface area contributed by atoms with Gasteiger partial charge in [-0.05, 0) is 30.7 Å². The highest BCUT2D eigenvalue weighted by Crippen LogP contribution is 2.21. The molecular weight excluding hydrogens is 391 g/mol. The first-order valence-corrected chi connectivity index (χ1v) is 8.95. The van der Waals surface area contributed by atoms with Crippen molar-refractivity contribution < 1.29 is 19.1 Å². The summed E-state index contributed by atoms with van der Waals surface area (Å²) >= 11 is 11.9. The summed E-state index contributed by atoms with van der Waals surface area (Å²) in [7, 11) is 0. The van der Waals surface area contributed by atoms with Crippen LogP contribution in [0.25, 0.3) is 0 Å². The Morgan fingerprint density at radius 2 is 1.30 bits per heavy atom. The summed E-state index contributed by atoms with van der Waals surface area (Å²) < 4.78 is 4.89. The second kappa shape index (κ2) is 10.5. The smallest absolute Gasteiger partial charge is 0.306 e. The molecule has 0 aromatic heterocycles. The fourth-order valence-electron chi connectivity index (χ4n) is 2.14. The number of halogens is 2. The summed E-state index contributed by atoms with van der Waals surface area (Å²) in [6.45, 7) is -0.421. The minimum absolute atomic E-state index is 0.0231. The number of rotatable bonds is 8. The minimum Gasteiger partial charge on any atom is -0.456 e. The van der Waals surface area contributed by atoms with Gasteiger partial charge in [-0.2, -0.15) is 0 Å². The van der Waals surface area contributed by atoms with Crippen molar-refractivity contribution in [1.82, 2.24) is 0 Å². The number of ether oxygens (including phenoxy) is 1. The Hall–Kier alpha value is -2.57. The van der Waals surface area contributed by atoms with Gasteiger partial charge in [-0.3, -0.25) is 14.4 Å². The Morgan fingerprint density at radius 1 is 0.778 bits per heavy atom. The van der Waals surface area contributed by atoms with E-state index in [-0.39, 0.29) is 18.7 Å². The monoisotopic (exact) mass is 408 g/mol. The molecular formula is C19H18Cl2N2O4. The van der Waals surface area contributed by atoms with Crippen molar-refractivity contribution in [3.8, 4) is 0 Å². The van der Waals surface area contributed by atoms with Crippen LogP contribution in [0.2, 0.25) is 10.0 Å². The first kappa shape index (κ1) is 20.7. The summed E-state index contributed by atoms with van der Waals surface area (Å²) in [5, 5.41) is 6.04. The largest absolute Gasteiger partial charge is 0.456 e. The van der Waals surface area contributed by atoms with Crippen molar-refractivity contribution in [2.75, 3.05) is 17.2 Å². The molecule has 2 aromatic rings. The van der Waals surface area contributed by atoms with E-state index < -0.39 is 18.5 Å². The first-order valence-electron chi connectivity index (χ1n) is 8.20. The maximum Gasteiger partial charge on any atom is 0.306 e. The highest BCUT2D eigenvalue weighted by molar-refractivity contribution is 6.34. The third kappa shape index (κ3) is 7.29. The van der Waals surface area contributed by atoms with Gasteiger partial charge in [0, 0.05) is 12.8 Å². The zero-order valence-electron chi connectivity index (χ0n) is 14.3. The van der Waals surface area contributed by atoms with Crippen LogP contribution in [-0.4, -0.2) is 24.4 Å². The lowest BCUT2D eigenvalue weighted by Crippen LogP contribution is -2.21. The van der Waals surface area contributed by atoms with Gasteiger partial charge < -0.3 is 15.4 Å². The van der Waals surface area contributed by atoms with Crippen molar-refractivity contribution in [1.29, 1.82) is 0 Å². The van der Waals surface area contributed by atoms with Gasteiger partial charge in [0.25, 0.3) is 5.91 Å². The lowest BCUT2D eigenvalue weighted by Gasteiger charge is -2.08. The normalized spacial score (nSPS) is 10.1. The predicted molar refractivity (Wildman–Crippen MR) is 105 cm³/mol. The molecule has 142 valence electrons. The van der Waals surface area contributed by atoms with E-state index in [4.69, 9.17) is 27.9 Å². The maximum absolute atomic E-state index is 11.8. The molecule has 0 bridgehead atoms. The molecule has 0 aliphatic rings. The molecule has 6 nitrogen and oxygen atoms in total. The first-order chi connectivity index (χ1) is 13.0. The van der Waals surface area contributed by atoms with Crippen molar-refractivity contribution in [3.05, 3.63) is 58.6 Å². The molecule has 8 heteroatoms. The number of carbonyl (C=O) groups is 3. The van der Waals surface area contributed by atoms with E-state index in [0.29, 0.717) is 27.8 Å². The van der Waals surface area contributed by atoms with Crippen LogP contribution in [0, 0.1) is 0 Å². The van der Waals surface area contributed by atoms with Crippen molar-refractivity contribution in [2.45, 2.75) is 19.3 Å². The summed E-state index contributed by atoms with van der Waals surface area (Å²) in [6, 6.07) is 13.6. The maximum atomic E-state index is 11.8. The van der Waals surface area contributed by atoms with E-state index in [1.54, 1.807) is 48.5 Å². The Morgan fingerprint density at radius 3 is 1.85 bits per heavy atom. The van der Waals surface area contributed by atoms with Crippen LogP contribution in [0.4, 0.5) is 11.4 Å². The molecule has 0 saturated carbocycles. The van der Waals surface area contributed by atoms with E-state index in [1.807, 2.05) is 0 Å². The van der Waals surface area contributed by atoms with Gasteiger partial charge in [0.15, 0.2) is 6.61 Å². The van der Waals surface area contributed by atoms with Gasteiger partial charge in [0.05, 0.1) is 21.4 Å². The molecule has 0 radical (unpaired) electrons. The van der Waals surface area contributed by atoms with Gasteiger partial charge in [0.2, 0.25) is 5.91 Å². The number of anilines is 2. The number of para-hydroxylation sites is 2. The molecule has 0 unspecified atom stereocenters. The van der Waals surface area contributed by atoms with Crippen LogP contribution >= 0.6 is 23.2 Å². The zero-order valence-corrected chi connectivity index (χ0v) is 15.8. The molecule has 0 atom stereocenters. The molecule has 2 rings (SSSR count). The number of carbonyl (C=O) groups excluding carboxylic acids is 3. The standard InChI is InChI=1S/C19H18Cl2N2O4/c20-13-6-1-3-8-15(13)22-17(24)10-5-11-19(26)27-12-18(25)23-16-9-4-2-7-14(16)21/h1-4,6-9H,5,10-12H2,(H,22,24)(H,23,25). The molecule has 0 spiro atoms. The van der Waals surface area contributed by atoms with E-state index in [1.165, 1.54) is 0 Å². The molecule has 0 aliphatic carbocycles. The van der Waals surface area contributed by atoms with E-state index in [2.05, 4.69) is 10.6 Å². The summed E-state index contributed by atoms with van der Waals surface area (Å²) in [5.41, 5.74) is 0.958. The van der Waals surface area contributed by atoms with Crippen LogP contribution in [0.3, 0.4) is 0 Å². The van der Waals surface area contributed by atoms with Crippen LogP contribution < -0.4 is 10.6 Å².